The van der Waals surface area contributed by atoms with Crippen LogP contribution >= 0.6 is 11.8 Å². The number of nitrogens with two attached hydrogens (primary N) is 1. The minimum Gasteiger partial charge on any atom is -0.383 e. The van der Waals surface area contributed by atoms with Gasteiger partial charge in [-0.15, -0.1) is 0 Å². The predicted molar refractivity (Wildman–Crippen MR) is 69.9 cm³/mol. The first kappa shape index (κ1) is 13.1. The third-order valence-electron chi connectivity index (χ3n) is 1.98. The Morgan fingerprint density at radius 2 is 2.37 bits per heavy atom. The van der Waals surface area contributed by atoms with Gasteiger partial charge in [0.15, 0.2) is 11.0 Å². The summed E-state index contributed by atoms with van der Waals surface area (Å²) in [5, 5.41) is 6.46. The number of H-pyrrole nitrogens is 1. The molecule has 0 atom stereocenters. The second-order valence-electron chi connectivity index (χ2n) is 3.64. The summed E-state index contributed by atoms with van der Waals surface area (Å²) in [5.74, 6) is 0.835. The highest BCUT2D eigenvalue weighted by Crippen LogP contribution is 2.13. The molecule has 4 N–H and O–H groups in total. The van der Waals surface area contributed by atoms with Crippen molar-refractivity contribution in [3.63, 3.8) is 0 Å². The number of carbonyl (C=O) groups is 1. The SMILES string of the molecule is Cc1cc(NC(=O)CSc2nc(N)cc(=O)[nH]2)no1. The Labute approximate surface area is 111 Å². The molecule has 1 amide bonds. The van der Waals surface area contributed by atoms with Crippen molar-refractivity contribution in [2.45, 2.75) is 12.1 Å². The molecule has 2 aromatic rings. The molecule has 2 aromatic heterocycles. The minimum atomic E-state index is -0.359. The van der Waals surface area contributed by atoms with E-state index in [2.05, 4.69) is 20.4 Å². The van der Waals surface area contributed by atoms with Gasteiger partial charge in [0.25, 0.3) is 5.56 Å². The summed E-state index contributed by atoms with van der Waals surface area (Å²) in [7, 11) is 0. The highest BCUT2D eigenvalue weighted by Gasteiger charge is 2.08. The number of hydrogen-bond acceptors (Lipinski definition) is 7. The average molecular weight is 281 g/mol. The second-order valence-corrected chi connectivity index (χ2v) is 4.60. The van der Waals surface area contributed by atoms with Crippen molar-refractivity contribution in [3.8, 4) is 0 Å². The summed E-state index contributed by atoms with van der Waals surface area (Å²) >= 11 is 1.07. The number of thioether (sulfide) groups is 1. The molecule has 0 aliphatic carbocycles. The molecule has 0 saturated carbocycles. The van der Waals surface area contributed by atoms with Crippen LogP contribution in [0.25, 0.3) is 0 Å². The summed E-state index contributed by atoms with van der Waals surface area (Å²) in [6, 6.07) is 2.77. The Bertz CT molecular complexity index is 651. The van der Waals surface area contributed by atoms with Crippen molar-refractivity contribution in [2.24, 2.45) is 0 Å². The highest BCUT2D eigenvalue weighted by atomic mass is 32.2. The van der Waals surface area contributed by atoms with E-state index in [1.165, 1.54) is 6.07 Å². The summed E-state index contributed by atoms with van der Waals surface area (Å²) in [5.41, 5.74) is 5.07. The number of aromatic nitrogens is 3. The van der Waals surface area contributed by atoms with E-state index in [-0.39, 0.29) is 28.2 Å². The Kier molecular flexibility index (Phi) is 3.85. The Balaban J connectivity index is 1.91. The molecule has 0 saturated heterocycles. The van der Waals surface area contributed by atoms with Crippen LogP contribution in [0.3, 0.4) is 0 Å². The standard InChI is InChI=1S/C10H11N5O3S/c1-5-2-7(15-18-5)13-9(17)4-19-10-12-6(11)3-8(16)14-10/h2-3H,4H2,1H3,(H,13,15,17)(H3,11,12,14,16). The van der Waals surface area contributed by atoms with Crippen LogP contribution in [0, 0.1) is 6.92 Å². The lowest BCUT2D eigenvalue weighted by Crippen LogP contribution is -2.15. The third kappa shape index (κ3) is 3.85. The smallest absolute Gasteiger partial charge is 0.253 e. The molecule has 0 aromatic carbocycles. The average Bonchev–Trinajstić information content (AvgIpc) is 2.71. The van der Waals surface area contributed by atoms with Gasteiger partial charge in [-0.25, -0.2) is 4.98 Å². The molecular weight excluding hydrogens is 270 g/mol. The first-order valence-electron chi connectivity index (χ1n) is 5.26. The van der Waals surface area contributed by atoms with Crippen LogP contribution in [0.5, 0.6) is 0 Å². The lowest BCUT2D eigenvalue weighted by atomic mass is 10.5. The summed E-state index contributed by atoms with van der Waals surface area (Å²) in [6.45, 7) is 1.72. The number of hydrogen-bond donors (Lipinski definition) is 3. The van der Waals surface area contributed by atoms with Gasteiger partial charge in [-0.1, -0.05) is 16.9 Å². The van der Waals surface area contributed by atoms with E-state index in [4.69, 9.17) is 10.3 Å². The van der Waals surface area contributed by atoms with Gasteiger partial charge >= 0.3 is 0 Å². The van der Waals surface area contributed by atoms with Crippen LogP contribution in [0.2, 0.25) is 0 Å². The van der Waals surface area contributed by atoms with Gasteiger partial charge in [0.1, 0.15) is 11.6 Å². The van der Waals surface area contributed by atoms with Gasteiger partial charge in [-0.2, -0.15) is 0 Å². The molecule has 0 aliphatic rings. The largest absolute Gasteiger partial charge is 0.383 e. The number of aryl methyl sites for hydroxylation is 1. The third-order valence-corrected chi connectivity index (χ3v) is 2.85. The molecule has 0 radical (unpaired) electrons. The van der Waals surface area contributed by atoms with Crippen LogP contribution in [0.15, 0.2) is 26.6 Å². The first-order chi connectivity index (χ1) is 9.02. The normalized spacial score (nSPS) is 10.4. The van der Waals surface area contributed by atoms with Crippen LogP contribution in [-0.2, 0) is 4.79 Å². The number of nitrogen functional groups attached to an aromatic ring is 1. The maximum Gasteiger partial charge on any atom is 0.253 e. The monoisotopic (exact) mass is 281 g/mol. The van der Waals surface area contributed by atoms with Crippen molar-refractivity contribution < 1.29 is 9.32 Å². The zero-order chi connectivity index (χ0) is 13.8. The van der Waals surface area contributed by atoms with Gasteiger partial charge < -0.3 is 20.6 Å². The molecule has 8 nitrogen and oxygen atoms in total. The number of rotatable bonds is 4. The number of nitrogens with one attached hydrogen (secondary N) is 2. The number of carbonyl (C=O) groups excluding carboxylic acids is 1. The fraction of sp³-hybridized carbons (Fsp3) is 0.200. The van der Waals surface area contributed by atoms with Crippen LogP contribution in [0.4, 0.5) is 11.6 Å². The van der Waals surface area contributed by atoms with Crippen LogP contribution < -0.4 is 16.6 Å². The van der Waals surface area contributed by atoms with Gasteiger partial charge in [0.05, 0.1) is 5.75 Å². The molecule has 2 rings (SSSR count). The Morgan fingerprint density at radius 3 is 3.00 bits per heavy atom. The quantitative estimate of drug-likeness (QED) is 0.546. The van der Waals surface area contributed by atoms with Crippen molar-refractivity contribution in [3.05, 3.63) is 28.2 Å². The zero-order valence-corrected chi connectivity index (χ0v) is 10.8. The molecule has 0 spiro atoms. The lowest BCUT2D eigenvalue weighted by molar-refractivity contribution is -0.113. The minimum absolute atomic E-state index is 0.0678. The Hall–Kier alpha value is -2.29. The van der Waals surface area contributed by atoms with E-state index in [1.54, 1.807) is 13.0 Å². The van der Waals surface area contributed by atoms with Gasteiger partial charge in [-0.05, 0) is 6.92 Å². The van der Waals surface area contributed by atoms with E-state index >= 15 is 0 Å². The Morgan fingerprint density at radius 1 is 1.58 bits per heavy atom. The number of nitrogens with zero attached hydrogens (tertiary/aromatic N) is 2. The van der Waals surface area contributed by atoms with Crippen LogP contribution in [-0.4, -0.2) is 26.8 Å². The molecular formula is C10H11N5O3S. The van der Waals surface area contributed by atoms with E-state index < -0.39 is 0 Å². The van der Waals surface area contributed by atoms with E-state index in [0.717, 1.165) is 11.8 Å². The maximum absolute atomic E-state index is 11.6. The van der Waals surface area contributed by atoms with E-state index in [9.17, 15) is 9.59 Å². The van der Waals surface area contributed by atoms with Crippen molar-refractivity contribution >= 4 is 29.3 Å². The first-order valence-corrected chi connectivity index (χ1v) is 6.24. The highest BCUT2D eigenvalue weighted by molar-refractivity contribution is 7.99. The summed E-state index contributed by atoms with van der Waals surface area (Å²) in [6.07, 6.45) is 0. The molecule has 9 heteroatoms. The van der Waals surface area contributed by atoms with E-state index in [1.807, 2.05) is 0 Å². The summed E-state index contributed by atoms with van der Waals surface area (Å²) in [4.78, 5) is 29.1. The van der Waals surface area contributed by atoms with Gasteiger partial charge in [0.2, 0.25) is 5.91 Å². The van der Waals surface area contributed by atoms with Crippen LogP contribution in [0.1, 0.15) is 5.76 Å². The van der Waals surface area contributed by atoms with Crippen molar-refractivity contribution in [1.82, 2.24) is 15.1 Å². The van der Waals surface area contributed by atoms with Crippen molar-refractivity contribution in [1.29, 1.82) is 0 Å². The number of amides is 1. The molecule has 19 heavy (non-hydrogen) atoms. The predicted octanol–water partition coefficient (Wildman–Crippen LogP) is 0.379. The fourth-order valence-corrected chi connectivity index (χ4v) is 1.94. The topological polar surface area (TPSA) is 127 Å². The van der Waals surface area contributed by atoms with Crippen molar-refractivity contribution in [2.75, 3.05) is 16.8 Å². The fourth-order valence-electron chi connectivity index (χ4n) is 1.26. The van der Waals surface area contributed by atoms with Gasteiger partial charge in [0, 0.05) is 12.1 Å². The molecule has 2 heterocycles. The number of anilines is 2. The van der Waals surface area contributed by atoms with E-state index in [0.29, 0.717) is 11.6 Å². The lowest BCUT2D eigenvalue weighted by Gasteiger charge is -2.01. The summed E-state index contributed by atoms with van der Waals surface area (Å²) < 4.78 is 4.81. The second kappa shape index (κ2) is 5.57. The number of aromatic amines is 1. The maximum atomic E-state index is 11.6. The molecule has 0 bridgehead atoms. The zero-order valence-electron chi connectivity index (χ0n) is 9.97. The molecule has 0 aliphatic heterocycles. The van der Waals surface area contributed by atoms with Gasteiger partial charge in [-0.3, -0.25) is 9.59 Å². The molecule has 0 fully saturated rings. The molecule has 100 valence electrons. The molecule has 0 unspecified atom stereocenters.